The third kappa shape index (κ3) is 6.59. The van der Waals surface area contributed by atoms with Crippen LogP contribution in [0.3, 0.4) is 0 Å². The Morgan fingerprint density at radius 2 is 1.78 bits per heavy atom. The highest BCUT2D eigenvalue weighted by molar-refractivity contribution is 7.99. The molecular weight excluding hydrogens is 541 g/mol. The third-order valence-corrected chi connectivity index (χ3v) is 8.09. The zero-order valence-corrected chi connectivity index (χ0v) is 23.9. The van der Waals surface area contributed by atoms with E-state index in [-0.39, 0.29) is 23.7 Å². The number of para-hydroxylation sites is 1. The number of hydrogen-bond acceptors (Lipinski definition) is 6. The number of carbonyl (C=O) groups is 2. The van der Waals surface area contributed by atoms with Crippen molar-refractivity contribution in [3.05, 3.63) is 90.2 Å². The fourth-order valence-electron chi connectivity index (χ4n) is 4.91. The van der Waals surface area contributed by atoms with Gasteiger partial charge in [-0.05, 0) is 61.9 Å². The van der Waals surface area contributed by atoms with Crippen molar-refractivity contribution in [1.29, 1.82) is 0 Å². The van der Waals surface area contributed by atoms with Crippen molar-refractivity contribution >= 4 is 23.6 Å². The maximum Gasteiger partial charge on any atom is 0.254 e. The monoisotopic (exact) mass is 573 g/mol. The van der Waals surface area contributed by atoms with Gasteiger partial charge in [-0.15, -0.1) is 10.2 Å². The molecule has 5 rings (SSSR count). The summed E-state index contributed by atoms with van der Waals surface area (Å²) in [6.07, 6.45) is 1.09. The highest BCUT2D eigenvalue weighted by Gasteiger charge is 2.30. The molecule has 2 amide bonds. The number of halogens is 1. The van der Waals surface area contributed by atoms with Crippen LogP contribution < -0.4 is 4.74 Å². The highest BCUT2D eigenvalue weighted by Crippen LogP contribution is 2.30. The first kappa shape index (κ1) is 28.4. The number of piperazine rings is 1. The predicted octanol–water partition coefficient (Wildman–Crippen LogP) is 5.33. The Morgan fingerprint density at radius 1 is 1.00 bits per heavy atom. The first-order valence-corrected chi connectivity index (χ1v) is 14.6. The van der Waals surface area contributed by atoms with Gasteiger partial charge in [0.1, 0.15) is 11.6 Å². The average Bonchev–Trinajstić information content (AvgIpc) is 3.43. The average molecular weight is 574 g/mol. The number of carbonyl (C=O) groups excluding carboxylic acids is 2. The molecule has 0 radical (unpaired) electrons. The van der Waals surface area contributed by atoms with Crippen molar-refractivity contribution in [2.24, 2.45) is 0 Å². The van der Waals surface area contributed by atoms with Crippen LogP contribution in [0.1, 0.15) is 30.1 Å². The van der Waals surface area contributed by atoms with Gasteiger partial charge in [-0.1, -0.05) is 42.1 Å². The molecule has 0 bridgehead atoms. The van der Waals surface area contributed by atoms with Crippen LogP contribution >= 0.6 is 11.8 Å². The highest BCUT2D eigenvalue weighted by atomic mass is 32.2. The molecule has 1 atom stereocenters. The van der Waals surface area contributed by atoms with E-state index < -0.39 is 0 Å². The van der Waals surface area contributed by atoms with Crippen LogP contribution in [0.5, 0.6) is 5.75 Å². The van der Waals surface area contributed by atoms with Gasteiger partial charge in [0.15, 0.2) is 11.0 Å². The van der Waals surface area contributed by atoms with Crippen molar-refractivity contribution < 1.29 is 18.7 Å². The molecule has 0 aliphatic carbocycles. The van der Waals surface area contributed by atoms with E-state index >= 15 is 0 Å². The standard InChI is InChI=1S/C31H32FN5O3S/c1-22-21-35(17-18-36(22)30(39)23-13-15-25(32)16-14-23)28(38)12-7-19-41-31-34-33-29(24-8-6-11-27(20-24)40-2)37(31)26-9-4-3-5-10-26/h3-6,8-11,13-16,20,22H,7,12,17-19,21H2,1-2H3. The van der Waals surface area contributed by atoms with E-state index in [1.54, 1.807) is 23.8 Å². The van der Waals surface area contributed by atoms with Crippen LogP contribution in [0.25, 0.3) is 17.1 Å². The summed E-state index contributed by atoms with van der Waals surface area (Å²) in [5.41, 5.74) is 2.30. The number of benzene rings is 3. The van der Waals surface area contributed by atoms with E-state index in [9.17, 15) is 14.0 Å². The Labute approximate surface area is 243 Å². The number of ether oxygens (including phenoxy) is 1. The Bertz CT molecular complexity index is 1500. The van der Waals surface area contributed by atoms with Crippen LogP contribution in [0, 0.1) is 5.82 Å². The van der Waals surface area contributed by atoms with Gasteiger partial charge < -0.3 is 14.5 Å². The lowest BCUT2D eigenvalue weighted by Gasteiger charge is -2.40. The molecule has 0 saturated carbocycles. The lowest BCUT2D eigenvalue weighted by molar-refractivity contribution is -0.133. The molecule has 0 spiro atoms. The molecule has 3 aromatic carbocycles. The van der Waals surface area contributed by atoms with E-state index in [1.807, 2.05) is 71.0 Å². The maximum atomic E-state index is 13.2. The normalized spacial score (nSPS) is 15.1. The van der Waals surface area contributed by atoms with Gasteiger partial charge in [-0.25, -0.2) is 4.39 Å². The van der Waals surface area contributed by atoms with Crippen LogP contribution in [-0.4, -0.2) is 74.9 Å². The summed E-state index contributed by atoms with van der Waals surface area (Å²) >= 11 is 1.57. The molecule has 212 valence electrons. The fourth-order valence-corrected chi connectivity index (χ4v) is 5.80. The van der Waals surface area contributed by atoms with Crippen molar-refractivity contribution in [3.63, 3.8) is 0 Å². The lowest BCUT2D eigenvalue weighted by Crippen LogP contribution is -2.55. The van der Waals surface area contributed by atoms with Gasteiger partial charge in [0, 0.05) is 54.7 Å². The van der Waals surface area contributed by atoms with Crippen molar-refractivity contribution in [1.82, 2.24) is 24.6 Å². The number of nitrogens with zero attached hydrogens (tertiary/aromatic N) is 5. The van der Waals surface area contributed by atoms with Gasteiger partial charge in [0.25, 0.3) is 5.91 Å². The molecule has 8 nitrogen and oxygen atoms in total. The second-order valence-electron chi connectivity index (χ2n) is 9.86. The molecule has 1 unspecified atom stereocenters. The summed E-state index contributed by atoms with van der Waals surface area (Å²) < 4.78 is 20.7. The summed E-state index contributed by atoms with van der Waals surface area (Å²) in [5.74, 6) is 1.72. The quantitative estimate of drug-likeness (QED) is 0.199. The second-order valence-corrected chi connectivity index (χ2v) is 10.9. The smallest absolute Gasteiger partial charge is 0.254 e. The molecule has 2 heterocycles. The number of thioether (sulfide) groups is 1. The van der Waals surface area contributed by atoms with E-state index in [4.69, 9.17) is 4.74 Å². The topological polar surface area (TPSA) is 80.6 Å². The summed E-state index contributed by atoms with van der Waals surface area (Å²) in [7, 11) is 1.64. The number of methoxy groups -OCH3 is 1. The van der Waals surface area contributed by atoms with Crippen LogP contribution in [0.15, 0.2) is 84.0 Å². The first-order chi connectivity index (χ1) is 19.9. The molecule has 0 N–H and O–H groups in total. The third-order valence-electron chi connectivity index (χ3n) is 7.07. The number of aromatic nitrogens is 3. The zero-order valence-electron chi connectivity index (χ0n) is 23.1. The molecule has 10 heteroatoms. The van der Waals surface area contributed by atoms with Gasteiger partial charge >= 0.3 is 0 Å². The number of hydrogen-bond donors (Lipinski definition) is 0. The summed E-state index contributed by atoms with van der Waals surface area (Å²) in [4.78, 5) is 29.5. The predicted molar refractivity (Wildman–Crippen MR) is 157 cm³/mol. The molecule has 41 heavy (non-hydrogen) atoms. The Kier molecular flexibility index (Phi) is 8.98. The maximum absolute atomic E-state index is 13.2. The molecule has 1 fully saturated rings. The largest absolute Gasteiger partial charge is 0.497 e. The van der Waals surface area contributed by atoms with E-state index in [0.717, 1.165) is 28.0 Å². The van der Waals surface area contributed by atoms with Gasteiger partial charge in [0.2, 0.25) is 5.91 Å². The minimum atomic E-state index is -0.374. The minimum absolute atomic E-state index is 0.0768. The van der Waals surface area contributed by atoms with Crippen molar-refractivity contribution in [3.8, 4) is 22.8 Å². The van der Waals surface area contributed by atoms with Gasteiger partial charge in [0.05, 0.1) is 7.11 Å². The molecule has 4 aromatic rings. The first-order valence-electron chi connectivity index (χ1n) is 13.6. The summed E-state index contributed by atoms with van der Waals surface area (Å²) in [6, 6.07) is 23.1. The van der Waals surface area contributed by atoms with E-state index in [1.165, 1.54) is 24.3 Å². The number of amides is 2. The molecule has 1 aliphatic heterocycles. The van der Waals surface area contributed by atoms with Gasteiger partial charge in [-0.2, -0.15) is 0 Å². The molecular formula is C31H32FN5O3S. The van der Waals surface area contributed by atoms with Crippen molar-refractivity contribution in [2.45, 2.75) is 31.0 Å². The molecule has 1 aliphatic rings. The second kappa shape index (κ2) is 13.0. The van der Waals surface area contributed by atoms with E-state index in [2.05, 4.69) is 10.2 Å². The fraction of sp³-hybridized carbons (Fsp3) is 0.290. The Balaban J connectivity index is 1.18. The number of rotatable bonds is 9. The summed E-state index contributed by atoms with van der Waals surface area (Å²) in [6.45, 7) is 3.35. The van der Waals surface area contributed by atoms with Crippen LogP contribution in [-0.2, 0) is 4.79 Å². The molecule has 1 saturated heterocycles. The van der Waals surface area contributed by atoms with Gasteiger partial charge in [-0.3, -0.25) is 14.2 Å². The molecule has 1 aromatic heterocycles. The van der Waals surface area contributed by atoms with Crippen LogP contribution in [0.2, 0.25) is 0 Å². The lowest BCUT2D eigenvalue weighted by atomic mass is 10.1. The Hall–Kier alpha value is -4.18. The minimum Gasteiger partial charge on any atom is -0.497 e. The summed E-state index contributed by atoms with van der Waals surface area (Å²) in [5, 5.41) is 9.72. The zero-order chi connectivity index (χ0) is 28.8. The Morgan fingerprint density at radius 3 is 2.51 bits per heavy atom. The SMILES string of the molecule is COc1cccc(-c2nnc(SCCCC(=O)N3CCN(C(=O)c4ccc(F)cc4)C(C)C3)n2-c2ccccc2)c1. The van der Waals surface area contributed by atoms with Crippen molar-refractivity contribution in [2.75, 3.05) is 32.5 Å². The van der Waals surface area contributed by atoms with E-state index in [0.29, 0.717) is 43.8 Å². The van der Waals surface area contributed by atoms with Crippen LogP contribution in [0.4, 0.5) is 4.39 Å².